The standard InChI is InChI=1S/C18H22FN3O3/c1-11-6-13(17(23)24)10-22(9-11)18(25)20-5-4-12-8-21-16-7-14(19)2-3-15(12)16/h2-3,7-8,11,13,21H,4-6,9-10H2,1H3,(H,20,25)(H,23,24). The number of benzene rings is 1. The van der Waals surface area contributed by atoms with Crippen molar-refractivity contribution in [1.82, 2.24) is 15.2 Å². The first-order valence-corrected chi connectivity index (χ1v) is 8.45. The molecule has 1 aliphatic rings. The third kappa shape index (κ3) is 3.92. The molecule has 3 N–H and O–H groups in total. The predicted octanol–water partition coefficient (Wildman–Crippen LogP) is 2.60. The highest BCUT2D eigenvalue weighted by Gasteiger charge is 2.31. The number of rotatable bonds is 4. The fourth-order valence-electron chi connectivity index (χ4n) is 3.48. The molecule has 134 valence electrons. The Balaban J connectivity index is 1.56. The number of carboxylic acid groups (broad SMARTS) is 1. The number of aromatic nitrogens is 1. The van der Waals surface area contributed by atoms with Gasteiger partial charge in [-0.2, -0.15) is 0 Å². The first kappa shape index (κ1) is 17.3. The molecule has 25 heavy (non-hydrogen) atoms. The summed E-state index contributed by atoms with van der Waals surface area (Å²) < 4.78 is 13.2. The number of hydrogen-bond donors (Lipinski definition) is 3. The summed E-state index contributed by atoms with van der Waals surface area (Å²) in [6.45, 7) is 3.21. The molecule has 0 radical (unpaired) electrons. The number of aromatic amines is 1. The Labute approximate surface area is 145 Å². The minimum Gasteiger partial charge on any atom is -0.481 e. The third-order valence-electron chi connectivity index (χ3n) is 4.70. The first-order valence-electron chi connectivity index (χ1n) is 8.45. The summed E-state index contributed by atoms with van der Waals surface area (Å²) in [6.07, 6.45) is 3.04. The molecule has 2 unspecified atom stereocenters. The van der Waals surface area contributed by atoms with Crippen LogP contribution in [0.1, 0.15) is 18.9 Å². The lowest BCUT2D eigenvalue weighted by atomic mass is 9.91. The molecule has 2 aromatic rings. The number of aliphatic carboxylic acids is 1. The molecular formula is C18H22FN3O3. The largest absolute Gasteiger partial charge is 0.481 e. The smallest absolute Gasteiger partial charge is 0.317 e. The second-order valence-corrected chi connectivity index (χ2v) is 6.77. The Morgan fingerprint density at radius 2 is 2.20 bits per heavy atom. The topological polar surface area (TPSA) is 85.4 Å². The molecule has 1 aliphatic heterocycles. The van der Waals surface area contributed by atoms with Crippen LogP contribution in [0.5, 0.6) is 0 Å². The SMILES string of the molecule is CC1CC(C(=O)O)CN(C(=O)NCCc2c[nH]c3cc(F)ccc23)C1. The lowest BCUT2D eigenvalue weighted by molar-refractivity contribution is -0.143. The van der Waals surface area contributed by atoms with E-state index < -0.39 is 11.9 Å². The molecule has 2 heterocycles. The van der Waals surface area contributed by atoms with Crippen molar-refractivity contribution in [3.05, 3.63) is 35.8 Å². The quantitative estimate of drug-likeness (QED) is 0.795. The van der Waals surface area contributed by atoms with Crippen LogP contribution in [0.25, 0.3) is 10.9 Å². The molecule has 2 amide bonds. The van der Waals surface area contributed by atoms with Crippen molar-refractivity contribution in [3.63, 3.8) is 0 Å². The molecule has 6 nitrogen and oxygen atoms in total. The number of carboxylic acids is 1. The molecule has 1 saturated heterocycles. The third-order valence-corrected chi connectivity index (χ3v) is 4.70. The fourth-order valence-corrected chi connectivity index (χ4v) is 3.48. The second kappa shape index (κ2) is 7.13. The van der Waals surface area contributed by atoms with Gasteiger partial charge in [0.05, 0.1) is 5.92 Å². The average Bonchev–Trinajstić information content (AvgIpc) is 2.96. The van der Waals surface area contributed by atoms with E-state index in [4.69, 9.17) is 0 Å². The Bertz CT molecular complexity index is 789. The van der Waals surface area contributed by atoms with E-state index in [0.717, 1.165) is 16.5 Å². The van der Waals surface area contributed by atoms with Gasteiger partial charge < -0.3 is 20.3 Å². The van der Waals surface area contributed by atoms with Gasteiger partial charge in [0.15, 0.2) is 0 Å². The number of carbonyl (C=O) groups is 2. The summed E-state index contributed by atoms with van der Waals surface area (Å²) in [5, 5.41) is 13.0. The van der Waals surface area contributed by atoms with Gasteiger partial charge in [-0.25, -0.2) is 9.18 Å². The summed E-state index contributed by atoms with van der Waals surface area (Å²) >= 11 is 0. The number of amides is 2. The van der Waals surface area contributed by atoms with Gasteiger partial charge in [-0.15, -0.1) is 0 Å². The highest BCUT2D eigenvalue weighted by Crippen LogP contribution is 2.22. The molecule has 0 saturated carbocycles. The van der Waals surface area contributed by atoms with E-state index in [0.29, 0.717) is 25.9 Å². The second-order valence-electron chi connectivity index (χ2n) is 6.77. The molecule has 7 heteroatoms. The maximum atomic E-state index is 13.2. The number of halogens is 1. The van der Waals surface area contributed by atoms with E-state index in [1.807, 2.05) is 13.1 Å². The van der Waals surface area contributed by atoms with Gasteiger partial charge in [0.25, 0.3) is 0 Å². The van der Waals surface area contributed by atoms with Gasteiger partial charge in [-0.3, -0.25) is 4.79 Å². The van der Waals surface area contributed by atoms with E-state index in [1.54, 1.807) is 11.0 Å². The van der Waals surface area contributed by atoms with Crippen LogP contribution in [-0.4, -0.2) is 46.6 Å². The van der Waals surface area contributed by atoms with E-state index in [9.17, 15) is 19.1 Å². The molecule has 2 atom stereocenters. The normalized spacial score (nSPS) is 20.6. The Morgan fingerprint density at radius 1 is 1.40 bits per heavy atom. The number of carbonyl (C=O) groups excluding carboxylic acids is 1. The Kier molecular flexibility index (Phi) is 4.92. The van der Waals surface area contributed by atoms with Crippen LogP contribution in [0.2, 0.25) is 0 Å². The van der Waals surface area contributed by atoms with Crippen LogP contribution in [0.15, 0.2) is 24.4 Å². The molecule has 0 aliphatic carbocycles. The van der Waals surface area contributed by atoms with Gasteiger partial charge in [0.1, 0.15) is 5.82 Å². The fraction of sp³-hybridized carbons (Fsp3) is 0.444. The Morgan fingerprint density at radius 3 is 2.96 bits per heavy atom. The van der Waals surface area contributed by atoms with Gasteiger partial charge in [-0.05, 0) is 42.5 Å². The van der Waals surface area contributed by atoms with Crippen molar-refractivity contribution in [2.24, 2.45) is 11.8 Å². The summed E-state index contributed by atoms with van der Waals surface area (Å²) in [7, 11) is 0. The molecule has 1 fully saturated rings. The van der Waals surface area contributed by atoms with Crippen molar-refractivity contribution < 1.29 is 19.1 Å². The molecule has 1 aromatic heterocycles. The van der Waals surface area contributed by atoms with Gasteiger partial charge in [0, 0.05) is 36.7 Å². The van der Waals surface area contributed by atoms with Crippen molar-refractivity contribution in [1.29, 1.82) is 0 Å². The minimum atomic E-state index is -0.852. The number of nitrogens with zero attached hydrogens (tertiary/aromatic N) is 1. The molecule has 3 rings (SSSR count). The first-order chi connectivity index (χ1) is 11.9. The number of hydrogen-bond acceptors (Lipinski definition) is 2. The van der Waals surface area contributed by atoms with Gasteiger partial charge >= 0.3 is 12.0 Å². The summed E-state index contributed by atoms with van der Waals surface area (Å²) in [4.78, 5) is 28.1. The number of nitrogens with one attached hydrogen (secondary N) is 2. The number of likely N-dealkylation sites (tertiary alicyclic amines) is 1. The Hall–Kier alpha value is -2.57. The monoisotopic (exact) mass is 347 g/mol. The zero-order valence-electron chi connectivity index (χ0n) is 14.1. The summed E-state index contributed by atoms with van der Waals surface area (Å²) in [5.74, 6) is -1.47. The minimum absolute atomic E-state index is 0.170. The van der Waals surface area contributed by atoms with E-state index in [1.165, 1.54) is 12.1 Å². The van der Waals surface area contributed by atoms with E-state index in [2.05, 4.69) is 10.3 Å². The zero-order chi connectivity index (χ0) is 18.0. The lowest BCUT2D eigenvalue weighted by Gasteiger charge is -2.34. The number of H-pyrrole nitrogens is 1. The van der Waals surface area contributed by atoms with Gasteiger partial charge in [-0.1, -0.05) is 6.92 Å². The highest BCUT2D eigenvalue weighted by molar-refractivity contribution is 5.83. The van der Waals surface area contributed by atoms with Crippen LogP contribution in [0.4, 0.5) is 9.18 Å². The maximum absolute atomic E-state index is 13.2. The number of urea groups is 1. The maximum Gasteiger partial charge on any atom is 0.317 e. The van der Waals surface area contributed by atoms with Crippen molar-refractivity contribution in [2.75, 3.05) is 19.6 Å². The van der Waals surface area contributed by atoms with Crippen molar-refractivity contribution >= 4 is 22.9 Å². The van der Waals surface area contributed by atoms with Crippen molar-refractivity contribution in [3.8, 4) is 0 Å². The van der Waals surface area contributed by atoms with Crippen LogP contribution in [0.3, 0.4) is 0 Å². The predicted molar refractivity (Wildman–Crippen MR) is 91.8 cm³/mol. The zero-order valence-corrected chi connectivity index (χ0v) is 14.1. The highest BCUT2D eigenvalue weighted by atomic mass is 19.1. The van der Waals surface area contributed by atoms with Crippen molar-refractivity contribution in [2.45, 2.75) is 19.8 Å². The van der Waals surface area contributed by atoms with Crippen LogP contribution in [0, 0.1) is 17.7 Å². The molecule has 1 aromatic carbocycles. The van der Waals surface area contributed by atoms with E-state index in [-0.39, 0.29) is 24.3 Å². The lowest BCUT2D eigenvalue weighted by Crippen LogP contribution is -2.49. The van der Waals surface area contributed by atoms with E-state index >= 15 is 0 Å². The van der Waals surface area contributed by atoms with Crippen LogP contribution >= 0.6 is 0 Å². The van der Waals surface area contributed by atoms with Crippen LogP contribution in [-0.2, 0) is 11.2 Å². The summed E-state index contributed by atoms with van der Waals surface area (Å²) in [6, 6.07) is 4.35. The summed E-state index contributed by atoms with van der Waals surface area (Å²) in [5.41, 5.74) is 1.74. The molecule has 0 bridgehead atoms. The number of piperidine rings is 1. The van der Waals surface area contributed by atoms with Crippen LogP contribution < -0.4 is 5.32 Å². The van der Waals surface area contributed by atoms with Gasteiger partial charge in [0.2, 0.25) is 0 Å². The number of fused-ring (bicyclic) bond motifs is 1. The average molecular weight is 347 g/mol. The molecule has 0 spiro atoms. The molecular weight excluding hydrogens is 325 g/mol.